The number of hydrogen-bond donors (Lipinski definition) is 2. The second-order valence-electron chi connectivity index (χ2n) is 4.10. The molecule has 0 spiro atoms. The molecule has 1 amide bonds. The van der Waals surface area contributed by atoms with Crippen molar-refractivity contribution in [3.05, 3.63) is 34.9 Å². The van der Waals surface area contributed by atoms with Gasteiger partial charge in [0, 0.05) is 25.4 Å². The number of hydrogen-bond acceptors (Lipinski definition) is 2. The molecular formula is C12H16N2O. The third-order valence-electron chi connectivity index (χ3n) is 2.99. The Morgan fingerprint density at radius 3 is 2.87 bits per heavy atom. The van der Waals surface area contributed by atoms with Crippen LogP contribution in [0.25, 0.3) is 0 Å². The quantitative estimate of drug-likeness (QED) is 0.756. The third kappa shape index (κ3) is 2.02. The van der Waals surface area contributed by atoms with E-state index in [1.807, 2.05) is 6.07 Å². The number of nitrogens with one attached hydrogen (secondary N) is 1. The van der Waals surface area contributed by atoms with Crippen LogP contribution in [0, 0.1) is 6.92 Å². The van der Waals surface area contributed by atoms with Crippen LogP contribution in [0.2, 0.25) is 0 Å². The number of rotatable bonds is 2. The summed E-state index contributed by atoms with van der Waals surface area (Å²) in [7, 11) is 0. The summed E-state index contributed by atoms with van der Waals surface area (Å²) in [5.74, 6) is 0.492. The predicted molar refractivity (Wildman–Crippen MR) is 59.4 cm³/mol. The highest BCUT2D eigenvalue weighted by Gasteiger charge is 2.23. The molecule has 0 bridgehead atoms. The van der Waals surface area contributed by atoms with Gasteiger partial charge in [-0.25, -0.2) is 0 Å². The van der Waals surface area contributed by atoms with Crippen molar-refractivity contribution < 1.29 is 4.79 Å². The van der Waals surface area contributed by atoms with Gasteiger partial charge in [-0.3, -0.25) is 4.79 Å². The van der Waals surface area contributed by atoms with Crippen molar-refractivity contribution >= 4 is 5.91 Å². The van der Waals surface area contributed by atoms with E-state index in [0.29, 0.717) is 18.9 Å². The van der Waals surface area contributed by atoms with Gasteiger partial charge in [0.25, 0.3) is 0 Å². The Hall–Kier alpha value is -1.35. The van der Waals surface area contributed by atoms with Gasteiger partial charge in [0.2, 0.25) is 5.91 Å². The molecule has 1 aromatic rings. The lowest BCUT2D eigenvalue weighted by molar-refractivity contribution is -0.119. The van der Waals surface area contributed by atoms with E-state index in [4.69, 9.17) is 5.73 Å². The summed E-state index contributed by atoms with van der Waals surface area (Å²) in [6.07, 6.45) is 0.614. The Morgan fingerprint density at radius 1 is 1.53 bits per heavy atom. The highest BCUT2D eigenvalue weighted by atomic mass is 16.1. The predicted octanol–water partition coefficient (Wildman–Crippen LogP) is 1.06. The van der Waals surface area contributed by atoms with Crippen LogP contribution in [-0.2, 0) is 11.3 Å². The minimum Gasteiger partial charge on any atom is -0.355 e. The average molecular weight is 204 g/mol. The molecule has 0 unspecified atom stereocenters. The smallest absolute Gasteiger partial charge is 0.220 e. The summed E-state index contributed by atoms with van der Waals surface area (Å²) in [5.41, 5.74) is 9.23. The van der Waals surface area contributed by atoms with E-state index in [9.17, 15) is 4.79 Å². The summed E-state index contributed by atoms with van der Waals surface area (Å²) in [6, 6.07) is 6.26. The fourth-order valence-electron chi connectivity index (χ4n) is 2.15. The molecular weight excluding hydrogens is 188 g/mol. The molecule has 80 valence electrons. The maximum absolute atomic E-state index is 11.1. The fraction of sp³-hybridized carbons (Fsp3) is 0.417. The van der Waals surface area contributed by atoms with Gasteiger partial charge in [-0.05, 0) is 23.6 Å². The van der Waals surface area contributed by atoms with Crippen LogP contribution < -0.4 is 11.1 Å². The number of nitrogens with two attached hydrogens (primary N) is 1. The minimum atomic E-state index is 0.155. The highest BCUT2D eigenvalue weighted by Crippen LogP contribution is 2.26. The normalized spacial score (nSPS) is 20.4. The topological polar surface area (TPSA) is 55.1 Å². The summed E-state index contributed by atoms with van der Waals surface area (Å²) in [4.78, 5) is 11.1. The largest absolute Gasteiger partial charge is 0.355 e. The van der Waals surface area contributed by atoms with Crippen molar-refractivity contribution in [3.8, 4) is 0 Å². The zero-order valence-corrected chi connectivity index (χ0v) is 8.92. The Labute approximate surface area is 89.7 Å². The molecule has 0 aromatic heterocycles. The van der Waals surface area contributed by atoms with E-state index in [1.165, 1.54) is 11.1 Å². The molecule has 15 heavy (non-hydrogen) atoms. The standard InChI is InChI=1S/C12H16N2O/c1-8-4-9(6-13)2-3-11(8)10-5-12(15)14-7-10/h2-4,10H,5-7,13H2,1H3,(H,14,15)/t10-/m1/s1. The molecule has 2 rings (SSSR count). The van der Waals surface area contributed by atoms with Crippen LogP contribution >= 0.6 is 0 Å². The Kier molecular flexibility index (Phi) is 2.73. The molecule has 1 aromatic carbocycles. The second-order valence-corrected chi connectivity index (χ2v) is 4.10. The molecule has 1 aliphatic heterocycles. The minimum absolute atomic E-state index is 0.155. The van der Waals surface area contributed by atoms with Crippen molar-refractivity contribution in [3.63, 3.8) is 0 Å². The van der Waals surface area contributed by atoms with Crippen LogP contribution in [0.1, 0.15) is 29.0 Å². The van der Waals surface area contributed by atoms with Crippen LogP contribution in [0.15, 0.2) is 18.2 Å². The van der Waals surface area contributed by atoms with Crippen molar-refractivity contribution in [2.45, 2.75) is 25.8 Å². The van der Waals surface area contributed by atoms with Gasteiger partial charge in [-0.15, -0.1) is 0 Å². The van der Waals surface area contributed by atoms with E-state index in [2.05, 4.69) is 24.4 Å². The Bertz CT molecular complexity index is 387. The van der Waals surface area contributed by atoms with Gasteiger partial charge in [-0.2, -0.15) is 0 Å². The first-order chi connectivity index (χ1) is 7.20. The number of amides is 1. The molecule has 1 atom stereocenters. The molecule has 0 radical (unpaired) electrons. The SMILES string of the molecule is Cc1cc(CN)ccc1[C@H]1CNC(=O)C1. The molecule has 3 nitrogen and oxygen atoms in total. The van der Waals surface area contributed by atoms with Crippen molar-refractivity contribution in [2.75, 3.05) is 6.54 Å². The lowest BCUT2D eigenvalue weighted by Crippen LogP contribution is -2.13. The first-order valence-corrected chi connectivity index (χ1v) is 5.27. The van der Waals surface area contributed by atoms with Gasteiger partial charge in [0.15, 0.2) is 0 Å². The summed E-state index contributed by atoms with van der Waals surface area (Å²) >= 11 is 0. The van der Waals surface area contributed by atoms with E-state index in [1.54, 1.807) is 0 Å². The average Bonchev–Trinajstić information content (AvgIpc) is 2.64. The number of carbonyl (C=O) groups excluding carboxylic acids is 1. The number of carbonyl (C=O) groups is 1. The Morgan fingerprint density at radius 2 is 2.33 bits per heavy atom. The molecule has 3 heteroatoms. The van der Waals surface area contributed by atoms with Gasteiger partial charge >= 0.3 is 0 Å². The van der Waals surface area contributed by atoms with Crippen molar-refractivity contribution in [1.29, 1.82) is 0 Å². The van der Waals surface area contributed by atoms with Gasteiger partial charge < -0.3 is 11.1 Å². The fourth-order valence-corrected chi connectivity index (χ4v) is 2.15. The summed E-state index contributed by atoms with van der Waals surface area (Å²) < 4.78 is 0. The molecule has 1 saturated heterocycles. The van der Waals surface area contributed by atoms with E-state index in [-0.39, 0.29) is 5.91 Å². The first-order valence-electron chi connectivity index (χ1n) is 5.27. The van der Waals surface area contributed by atoms with Crippen LogP contribution in [0.4, 0.5) is 0 Å². The number of benzene rings is 1. The van der Waals surface area contributed by atoms with Crippen molar-refractivity contribution in [2.24, 2.45) is 5.73 Å². The van der Waals surface area contributed by atoms with Crippen LogP contribution in [0.3, 0.4) is 0 Å². The molecule has 3 N–H and O–H groups in total. The lowest BCUT2D eigenvalue weighted by Gasteiger charge is -2.12. The van der Waals surface area contributed by atoms with E-state index >= 15 is 0 Å². The van der Waals surface area contributed by atoms with Crippen LogP contribution in [-0.4, -0.2) is 12.5 Å². The maximum Gasteiger partial charge on any atom is 0.220 e. The highest BCUT2D eigenvalue weighted by molar-refractivity contribution is 5.79. The number of aryl methyl sites for hydroxylation is 1. The summed E-state index contributed by atoms with van der Waals surface area (Å²) in [6.45, 7) is 3.42. The monoisotopic (exact) mass is 204 g/mol. The lowest BCUT2D eigenvalue weighted by atomic mass is 9.93. The van der Waals surface area contributed by atoms with E-state index in [0.717, 1.165) is 12.1 Å². The molecule has 1 aliphatic rings. The van der Waals surface area contributed by atoms with E-state index < -0.39 is 0 Å². The molecule has 1 fully saturated rings. The summed E-state index contributed by atoms with van der Waals surface area (Å²) in [5, 5.41) is 2.86. The molecule has 0 aliphatic carbocycles. The maximum atomic E-state index is 11.1. The molecule has 1 heterocycles. The van der Waals surface area contributed by atoms with Crippen molar-refractivity contribution in [1.82, 2.24) is 5.32 Å². The zero-order valence-electron chi connectivity index (χ0n) is 8.92. The second kappa shape index (κ2) is 4.03. The zero-order chi connectivity index (χ0) is 10.8. The van der Waals surface area contributed by atoms with Gasteiger partial charge in [-0.1, -0.05) is 18.2 Å². The molecule has 0 saturated carbocycles. The third-order valence-corrected chi connectivity index (χ3v) is 2.99. The van der Waals surface area contributed by atoms with Crippen LogP contribution in [0.5, 0.6) is 0 Å². The first kappa shape index (κ1) is 10.2. The Balaban J connectivity index is 2.25. The van der Waals surface area contributed by atoms with Gasteiger partial charge in [0.1, 0.15) is 0 Å². The van der Waals surface area contributed by atoms with Gasteiger partial charge in [0.05, 0.1) is 0 Å².